The second-order valence-corrected chi connectivity index (χ2v) is 5.46. The van der Waals surface area contributed by atoms with Crippen LogP contribution in [0.25, 0.3) is 0 Å². The van der Waals surface area contributed by atoms with E-state index in [1.807, 2.05) is 13.8 Å². The van der Waals surface area contributed by atoms with Crippen LogP contribution in [0.1, 0.15) is 37.5 Å². The molecule has 2 rings (SSSR count). The third-order valence-corrected chi connectivity index (χ3v) is 3.69. The normalized spacial score (nSPS) is 10.8. The van der Waals surface area contributed by atoms with Gasteiger partial charge < -0.3 is 5.32 Å². The van der Waals surface area contributed by atoms with E-state index in [2.05, 4.69) is 44.3 Å². The van der Waals surface area contributed by atoms with Crippen molar-refractivity contribution in [1.82, 2.24) is 25.1 Å². The molecule has 0 aromatic carbocycles. The maximum atomic E-state index is 4.63. The van der Waals surface area contributed by atoms with Crippen LogP contribution in [-0.4, -0.2) is 31.7 Å². The topological polar surface area (TPSA) is 79.4 Å². The Bertz CT molecular complexity index is 580. The molecule has 0 radical (unpaired) electrons. The molecule has 20 heavy (non-hydrogen) atoms. The van der Waals surface area contributed by atoms with E-state index in [9.17, 15) is 0 Å². The van der Waals surface area contributed by atoms with Gasteiger partial charge in [-0.15, -0.1) is 5.10 Å². The third-order valence-electron chi connectivity index (χ3n) is 2.73. The number of anilines is 1. The fourth-order valence-corrected chi connectivity index (χ4v) is 2.62. The van der Waals surface area contributed by atoms with E-state index in [-0.39, 0.29) is 0 Å². The van der Waals surface area contributed by atoms with Gasteiger partial charge in [-0.1, -0.05) is 6.92 Å². The summed E-state index contributed by atoms with van der Waals surface area (Å²) in [6, 6.07) is 0. The Labute approximate surface area is 123 Å². The van der Waals surface area contributed by atoms with Gasteiger partial charge in [-0.2, -0.15) is 0 Å². The van der Waals surface area contributed by atoms with Crippen molar-refractivity contribution in [1.29, 1.82) is 0 Å². The maximum Gasteiger partial charge on any atom is 0.214 e. The average Bonchev–Trinajstić information content (AvgIpc) is 2.81. The smallest absolute Gasteiger partial charge is 0.214 e. The van der Waals surface area contributed by atoms with Gasteiger partial charge in [0.25, 0.3) is 0 Å². The lowest BCUT2D eigenvalue weighted by Crippen LogP contribution is -2.07. The molecule has 0 aliphatic carbocycles. The quantitative estimate of drug-likeness (QED) is 0.797. The number of H-pyrrole nitrogens is 1. The van der Waals surface area contributed by atoms with Crippen molar-refractivity contribution in [2.24, 2.45) is 0 Å². The summed E-state index contributed by atoms with van der Waals surface area (Å²) in [7, 11) is 0. The van der Waals surface area contributed by atoms with Crippen LogP contribution in [0.3, 0.4) is 0 Å². The molecule has 2 heterocycles. The van der Waals surface area contributed by atoms with Gasteiger partial charge >= 0.3 is 0 Å². The van der Waals surface area contributed by atoms with E-state index < -0.39 is 0 Å². The van der Waals surface area contributed by atoms with Crippen molar-refractivity contribution in [3.8, 4) is 0 Å². The van der Waals surface area contributed by atoms with Crippen molar-refractivity contribution in [2.45, 2.75) is 50.7 Å². The first-order valence-corrected chi connectivity index (χ1v) is 7.63. The number of nitrogens with zero attached hydrogens (tertiary/aromatic N) is 4. The molecule has 0 aliphatic rings. The monoisotopic (exact) mass is 292 g/mol. The Morgan fingerprint density at radius 1 is 1.15 bits per heavy atom. The second-order valence-electron chi connectivity index (χ2n) is 4.50. The van der Waals surface area contributed by atoms with Gasteiger partial charge in [0.1, 0.15) is 22.5 Å². The maximum absolute atomic E-state index is 4.63. The molecule has 0 bridgehead atoms. The lowest BCUT2D eigenvalue weighted by atomic mass is 10.3. The zero-order valence-corrected chi connectivity index (χ0v) is 13.1. The van der Waals surface area contributed by atoms with Crippen LogP contribution in [-0.2, 0) is 6.42 Å². The van der Waals surface area contributed by atoms with E-state index in [1.165, 1.54) is 11.8 Å². The van der Waals surface area contributed by atoms with Crippen molar-refractivity contribution in [3.05, 3.63) is 17.2 Å². The first-order chi connectivity index (χ1) is 9.63. The van der Waals surface area contributed by atoms with Gasteiger partial charge in [0.2, 0.25) is 5.16 Å². The standard InChI is InChI=1S/C13H20N6S/c1-5-7-10-16-11(14-6-2)8(3)12(17-10)20-13-15-9(4)18-19-13/h5-7H2,1-4H3,(H,14,16,17)(H,15,18,19). The molecule has 6 nitrogen and oxygen atoms in total. The molecule has 2 N–H and O–H groups in total. The van der Waals surface area contributed by atoms with Gasteiger partial charge in [-0.25, -0.2) is 15.0 Å². The highest BCUT2D eigenvalue weighted by Crippen LogP contribution is 2.29. The van der Waals surface area contributed by atoms with E-state index in [4.69, 9.17) is 0 Å². The first kappa shape index (κ1) is 14.8. The number of aromatic nitrogens is 5. The predicted octanol–water partition coefficient (Wildman–Crippen LogP) is 2.75. The highest BCUT2D eigenvalue weighted by Gasteiger charge is 2.13. The molecule has 0 amide bonds. The lowest BCUT2D eigenvalue weighted by Gasteiger charge is -2.11. The number of aryl methyl sites for hydroxylation is 2. The Morgan fingerprint density at radius 2 is 1.95 bits per heavy atom. The van der Waals surface area contributed by atoms with Crippen LogP contribution in [0.4, 0.5) is 5.82 Å². The Balaban J connectivity index is 2.33. The van der Waals surface area contributed by atoms with Crippen LogP contribution in [0.5, 0.6) is 0 Å². The molecule has 0 saturated heterocycles. The van der Waals surface area contributed by atoms with Crippen LogP contribution in [0, 0.1) is 13.8 Å². The molecule has 108 valence electrons. The Hall–Kier alpha value is -1.63. The van der Waals surface area contributed by atoms with Gasteiger partial charge in [-0.05, 0) is 39.0 Å². The summed E-state index contributed by atoms with van der Waals surface area (Å²) >= 11 is 1.47. The summed E-state index contributed by atoms with van der Waals surface area (Å²) in [5.74, 6) is 2.57. The Kier molecular flexibility index (Phi) is 4.94. The van der Waals surface area contributed by atoms with Gasteiger partial charge in [0.15, 0.2) is 0 Å². The lowest BCUT2D eigenvalue weighted by molar-refractivity contribution is 0.800. The highest BCUT2D eigenvalue weighted by molar-refractivity contribution is 7.99. The molecular formula is C13H20N6S. The minimum atomic E-state index is 0.689. The largest absolute Gasteiger partial charge is 0.370 e. The molecule has 0 aliphatic heterocycles. The van der Waals surface area contributed by atoms with Crippen LogP contribution >= 0.6 is 11.8 Å². The van der Waals surface area contributed by atoms with Gasteiger partial charge in [-0.3, -0.25) is 5.10 Å². The first-order valence-electron chi connectivity index (χ1n) is 6.82. The molecule has 2 aromatic heterocycles. The van der Waals surface area contributed by atoms with Crippen molar-refractivity contribution >= 4 is 17.6 Å². The van der Waals surface area contributed by atoms with Crippen molar-refractivity contribution in [2.75, 3.05) is 11.9 Å². The van der Waals surface area contributed by atoms with E-state index in [0.29, 0.717) is 5.16 Å². The number of nitrogens with one attached hydrogen (secondary N) is 2. The molecule has 0 atom stereocenters. The summed E-state index contributed by atoms with van der Waals surface area (Å²) in [5.41, 5.74) is 1.04. The summed E-state index contributed by atoms with van der Waals surface area (Å²) in [4.78, 5) is 13.5. The van der Waals surface area contributed by atoms with Crippen LogP contribution in [0.15, 0.2) is 10.2 Å². The molecule has 0 fully saturated rings. The molecule has 0 saturated carbocycles. The zero-order valence-electron chi connectivity index (χ0n) is 12.3. The third kappa shape index (κ3) is 3.47. The fourth-order valence-electron chi connectivity index (χ4n) is 1.77. The zero-order chi connectivity index (χ0) is 14.5. The molecule has 0 unspecified atom stereocenters. The highest BCUT2D eigenvalue weighted by atomic mass is 32.2. The van der Waals surface area contributed by atoms with Gasteiger partial charge in [0, 0.05) is 18.5 Å². The summed E-state index contributed by atoms with van der Waals surface area (Å²) < 4.78 is 0. The number of aromatic amines is 1. The van der Waals surface area contributed by atoms with Crippen molar-refractivity contribution < 1.29 is 0 Å². The second kappa shape index (κ2) is 6.69. The van der Waals surface area contributed by atoms with E-state index in [1.54, 1.807) is 0 Å². The summed E-state index contributed by atoms with van der Waals surface area (Å²) in [6.45, 7) is 8.94. The van der Waals surface area contributed by atoms with E-state index in [0.717, 1.165) is 47.4 Å². The minimum Gasteiger partial charge on any atom is -0.370 e. The average molecular weight is 292 g/mol. The Morgan fingerprint density at radius 3 is 2.55 bits per heavy atom. The summed E-state index contributed by atoms with van der Waals surface area (Å²) in [5, 5.41) is 11.9. The van der Waals surface area contributed by atoms with Crippen LogP contribution < -0.4 is 5.32 Å². The number of hydrogen-bond donors (Lipinski definition) is 2. The van der Waals surface area contributed by atoms with Crippen molar-refractivity contribution in [3.63, 3.8) is 0 Å². The predicted molar refractivity (Wildman–Crippen MR) is 80.2 cm³/mol. The molecular weight excluding hydrogens is 272 g/mol. The molecule has 2 aromatic rings. The number of rotatable bonds is 6. The fraction of sp³-hybridized carbons (Fsp3) is 0.538. The SMILES string of the molecule is CCCc1nc(NCC)c(C)c(Sc2n[nH]c(C)n2)n1. The minimum absolute atomic E-state index is 0.689. The van der Waals surface area contributed by atoms with Crippen LogP contribution in [0.2, 0.25) is 0 Å². The summed E-state index contributed by atoms with van der Waals surface area (Å²) in [6.07, 6.45) is 1.90. The molecule has 7 heteroatoms. The number of hydrogen-bond acceptors (Lipinski definition) is 6. The van der Waals surface area contributed by atoms with Gasteiger partial charge in [0.05, 0.1) is 0 Å². The van der Waals surface area contributed by atoms with E-state index >= 15 is 0 Å². The molecule has 0 spiro atoms.